The van der Waals surface area contributed by atoms with E-state index in [9.17, 15) is 18.0 Å². The molecule has 0 radical (unpaired) electrons. The molecule has 0 unspecified atom stereocenters. The van der Waals surface area contributed by atoms with Crippen molar-refractivity contribution in [2.24, 2.45) is 0 Å². The first-order valence-electron chi connectivity index (χ1n) is 9.87. The molecule has 0 saturated heterocycles. The fourth-order valence-corrected chi connectivity index (χ4v) is 4.00. The van der Waals surface area contributed by atoms with Gasteiger partial charge in [-0.3, -0.25) is 13.9 Å². The van der Waals surface area contributed by atoms with Crippen LogP contribution in [0.15, 0.2) is 48.5 Å². The van der Waals surface area contributed by atoms with E-state index in [1.165, 1.54) is 19.1 Å². The number of likely N-dealkylation sites (N-methyl/N-ethyl adjacent to an activating group) is 1. The van der Waals surface area contributed by atoms with E-state index >= 15 is 0 Å². The maximum absolute atomic E-state index is 13.3. The lowest BCUT2D eigenvalue weighted by Gasteiger charge is -2.31. The molecule has 0 heterocycles. The Hall–Kier alpha value is -3.27. The lowest BCUT2D eigenvalue weighted by molar-refractivity contribution is -0.139. The molecular formula is C22H29N3O6S. The minimum atomic E-state index is -3.82. The summed E-state index contributed by atoms with van der Waals surface area (Å²) < 4.78 is 36.5. The predicted molar refractivity (Wildman–Crippen MR) is 122 cm³/mol. The molecule has 0 fully saturated rings. The highest BCUT2D eigenvalue weighted by molar-refractivity contribution is 7.92. The van der Waals surface area contributed by atoms with Crippen molar-refractivity contribution in [1.82, 2.24) is 10.2 Å². The summed E-state index contributed by atoms with van der Waals surface area (Å²) in [5.41, 5.74) is 1.00. The van der Waals surface area contributed by atoms with Gasteiger partial charge in [0.1, 0.15) is 24.1 Å². The summed E-state index contributed by atoms with van der Waals surface area (Å²) in [7, 11) is 0.628. The summed E-state index contributed by atoms with van der Waals surface area (Å²) in [5, 5.41) is 2.53. The number of anilines is 1. The molecule has 9 nitrogen and oxygen atoms in total. The average Bonchev–Trinajstić information content (AvgIpc) is 2.79. The van der Waals surface area contributed by atoms with Crippen molar-refractivity contribution in [1.29, 1.82) is 0 Å². The molecule has 0 bridgehead atoms. The molecule has 0 saturated carbocycles. The van der Waals surface area contributed by atoms with E-state index in [1.807, 2.05) is 0 Å². The van der Waals surface area contributed by atoms with Crippen LogP contribution in [0.5, 0.6) is 11.5 Å². The van der Waals surface area contributed by atoms with Crippen molar-refractivity contribution in [3.8, 4) is 11.5 Å². The van der Waals surface area contributed by atoms with Crippen molar-refractivity contribution < 1.29 is 27.5 Å². The molecule has 0 aromatic heterocycles. The summed E-state index contributed by atoms with van der Waals surface area (Å²) in [4.78, 5) is 27.0. The second-order valence-corrected chi connectivity index (χ2v) is 9.01. The van der Waals surface area contributed by atoms with E-state index in [1.54, 1.807) is 62.6 Å². The number of amides is 2. The number of ether oxygens (including phenoxy) is 2. The minimum absolute atomic E-state index is 0.112. The summed E-state index contributed by atoms with van der Waals surface area (Å²) in [6.07, 6.45) is 1.02. The number of methoxy groups -OCH3 is 2. The second-order valence-electron chi connectivity index (χ2n) is 7.10. The van der Waals surface area contributed by atoms with Crippen LogP contribution in [0.3, 0.4) is 0 Å². The van der Waals surface area contributed by atoms with E-state index in [-0.39, 0.29) is 18.1 Å². The van der Waals surface area contributed by atoms with Gasteiger partial charge in [-0.2, -0.15) is 0 Å². The normalized spacial score (nSPS) is 11.9. The van der Waals surface area contributed by atoms with E-state index in [4.69, 9.17) is 9.47 Å². The Morgan fingerprint density at radius 1 is 1.03 bits per heavy atom. The first kappa shape index (κ1) is 25.0. The number of hydrogen-bond acceptors (Lipinski definition) is 6. The zero-order valence-corrected chi connectivity index (χ0v) is 19.7. The van der Waals surface area contributed by atoms with Crippen LogP contribution in [-0.2, 0) is 26.2 Å². The van der Waals surface area contributed by atoms with Crippen molar-refractivity contribution in [3.05, 3.63) is 54.1 Å². The van der Waals surface area contributed by atoms with Gasteiger partial charge in [0.25, 0.3) is 0 Å². The summed E-state index contributed by atoms with van der Waals surface area (Å²) >= 11 is 0. The smallest absolute Gasteiger partial charge is 0.244 e. The number of hydrogen-bond donors (Lipinski definition) is 1. The van der Waals surface area contributed by atoms with Crippen LogP contribution in [0.1, 0.15) is 12.5 Å². The third kappa shape index (κ3) is 6.13. The van der Waals surface area contributed by atoms with Gasteiger partial charge < -0.3 is 19.7 Å². The third-order valence-corrected chi connectivity index (χ3v) is 6.09. The average molecular weight is 464 g/mol. The van der Waals surface area contributed by atoms with E-state index in [0.717, 1.165) is 16.1 Å². The van der Waals surface area contributed by atoms with Gasteiger partial charge in [0, 0.05) is 13.6 Å². The van der Waals surface area contributed by atoms with Crippen molar-refractivity contribution >= 4 is 27.5 Å². The number of sulfonamides is 1. The maximum atomic E-state index is 13.3. The largest absolute Gasteiger partial charge is 0.497 e. The van der Waals surface area contributed by atoms with Gasteiger partial charge in [0.05, 0.1) is 26.2 Å². The van der Waals surface area contributed by atoms with Crippen LogP contribution in [0.25, 0.3) is 0 Å². The van der Waals surface area contributed by atoms with Gasteiger partial charge in [-0.05, 0) is 36.8 Å². The zero-order valence-electron chi connectivity index (χ0n) is 18.9. The highest BCUT2D eigenvalue weighted by Gasteiger charge is 2.30. The maximum Gasteiger partial charge on any atom is 0.244 e. The van der Waals surface area contributed by atoms with Crippen LogP contribution in [-0.4, -0.2) is 65.2 Å². The first-order valence-corrected chi connectivity index (χ1v) is 11.7. The Bertz CT molecular complexity index is 1040. The Balaban J connectivity index is 2.40. The van der Waals surface area contributed by atoms with Crippen LogP contribution in [0.4, 0.5) is 5.69 Å². The lowest BCUT2D eigenvalue weighted by Crippen LogP contribution is -2.50. The molecule has 2 amide bonds. The SMILES string of the molecule is CNC(=O)[C@H](C)N(Cc1ccc(OC)cc1)C(=O)CN(c1ccccc1OC)S(C)(=O)=O. The second kappa shape index (κ2) is 10.9. The predicted octanol–water partition coefficient (Wildman–Crippen LogP) is 1.63. The van der Waals surface area contributed by atoms with Crippen molar-refractivity contribution in [2.45, 2.75) is 19.5 Å². The molecule has 0 aliphatic heterocycles. The Morgan fingerprint density at radius 2 is 1.66 bits per heavy atom. The van der Waals surface area contributed by atoms with Crippen LogP contribution >= 0.6 is 0 Å². The number of para-hydroxylation sites is 2. The quantitative estimate of drug-likeness (QED) is 0.574. The fourth-order valence-electron chi connectivity index (χ4n) is 3.15. The third-order valence-electron chi connectivity index (χ3n) is 4.96. The van der Waals surface area contributed by atoms with Gasteiger partial charge in [0.2, 0.25) is 21.8 Å². The number of carbonyl (C=O) groups excluding carboxylic acids is 2. The van der Waals surface area contributed by atoms with Gasteiger partial charge >= 0.3 is 0 Å². The molecule has 1 N–H and O–H groups in total. The molecule has 2 aromatic carbocycles. The molecule has 0 aliphatic rings. The Labute approximate surface area is 189 Å². The summed E-state index contributed by atoms with van der Waals surface area (Å²) in [5.74, 6) is 0.0699. The van der Waals surface area contributed by atoms with E-state index in [0.29, 0.717) is 11.5 Å². The summed E-state index contributed by atoms with van der Waals surface area (Å²) in [6, 6.07) is 12.8. The zero-order chi connectivity index (χ0) is 23.9. The van der Waals surface area contributed by atoms with Gasteiger partial charge in [-0.25, -0.2) is 8.42 Å². The molecule has 2 rings (SSSR count). The van der Waals surface area contributed by atoms with Crippen LogP contribution < -0.4 is 19.1 Å². The Kier molecular flexibility index (Phi) is 8.48. The molecule has 0 aliphatic carbocycles. The topological polar surface area (TPSA) is 105 Å². The molecule has 1 atom stereocenters. The number of carbonyl (C=O) groups is 2. The van der Waals surface area contributed by atoms with E-state index in [2.05, 4.69) is 5.32 Å². The van der Waals surface area contributed by atoms with Gasteiger partial charge in [-0.1, -0.05) is 24.3 Å². The first-order chi connectivity index (χ1) is 15.1. The number of rotatable bonds is 10. The summed E-state index contributed by atoms with van der Waals surface area (Å²) in [6.45, 7) is 1.21. The van der Waals surface area contributed by atoms with Crippen LogP contribution in [0.2, 0.25) is 0 Å². The molecule has 10 heteroatoms. The monoisotopic (exact) mass is 463 g/mol. The lowest BCUT2D eigenvalue weighted by atomic mass is 10.1. The van der Waals surface area contributed by atoms with E-state index < -0.39 is 28.5 Å². The highest BCUT2D eigenvalue weighted by Crippen LogP contribution is 2.29. The van der Waals surface area contributed by atoms with Gasteiger partial charge in [0.15, 0.2) is 0 Å². The minimum Gasteiger partial charge on any atom is -0.497 e. The van der Waals surface area contributed by atoms with Crippen molar-refractivity contribution in [2.75, 3.05) is 38.4 Å². The molecule has 174 valence electrons. The fraction of sp³-hybridized carbons (Fsp3) is 0.364. The molecule has 32 heavy (non-hydrogen) atoms. The molecule has 2 aromatic rings. The molecular weight excluding hydrogens is 434 g/mol. The van der Waals surface area contributed by atoms with Crippen molar-refractivity contribution in [3.63, 3.8) is 0 Å². The standard InChI is InChI=1S/C22H29N3O6S/c1-16(22(27)23-2)24(14-17-10-12-18(30-3)13-11-17)21(26)15-25(32(5,28)29)19-8-6-7-9-20(19)31-4/h6-13,16H,14-15H2,1-5H3,(H,23,27)/t16-/m0/s1. The highest BCUT2D eigenvalue weighted by atomic mass is 32.2. The number of nitrogens with zero attached hydrogens (tertiary/aromatic N) is 2. The van der Waals surface area contributed by atoms with Gasteiger partial charge in [-0.15, -0.1) is 0 Å². The van der Waals surface area contributed by atoms with Crippen LogP contribution in [0, 0.1) is 0 Å². The Morgan fingerprint density at radius 3 is 2.19 bits per heavy atom. The number of benzene rings is 2. The molecule has 0 spiro atoms. The number of nitrogens with one attached hydrogen (secondary N) is 1.